The van der Waals surface area contributed by atoms with Crippen LogP contribution < -0.4 is 10.2 Å². The number of aromatic nitrogens is 2. The van der Waals surface area contributed by atoms with E-state index in [0.29, 0.717) is 54.2 Å². The minimum atomic E-state index is -4.47. The van der Waals surface area contributed by atoms with Gasteiger partial charge in [-0.05, 0) is 65.3 Å². The summed E-state index contributed by atoms with van der Waals surface area (Å²) in [6, 6.07) is 10.5. The van der Waals surface area contributed by atoms with Crippen molar-refractivity contribution in [3.8, 4) is 0 Å². The number of aliphatic hydroxyl groups is 1. The molecule has 0 spiro atoms. The lowest BCUT2D eigenvalue weighted by atomic mass is 9.87. The van der Waals surface area contributed by atoms with Gasteiger partial charge in [-0.3, -0.25) is 0 Å². The van der Waals surface area contributed by atoms with Crippen LogP contribution in [0.1, 0.15) is 53.8 Å². The molecule has 1 fully saturated rings. The quantitative estimate of drug-likeness (QED) is 0.232. The molecule has 2 aromatic heterocycles. The SMILES string of the molecule is C=C(/C(NC)=C1\CN(c2ccc(C(F)(F)F)cn2)CC\C1=C\c1c(CC)cccc1CC)c1cc[nH]c1/C(=C\F)CO. The number of nitrogens with one attached hydrogen (secondary N) is 2. The van der Waals surface area contributed by atoms with Crippen LogP contribution >= 0.6 is 0 Å². The molecule has 1 aliphatic heterocycles. The Morgan fingerprint density at radius 1 is 1.14 bits per heavy atom. The van der Waals surface area contributed by atoms with Gasteiger partial charge < -0.3 is 20.3 Å². The van der Waals surface area contributed by atoms with E-state index >= 15 is 0 Å². The second-order valence-electron chi connectivity index (χ2n) is 10.1. The molecule has 1 aliphatic rings. The van der Waals surface area contributed by atoms with E-state index in [2.05, 4.69) is 60.0 Å². The van der Waals surface area contributed by atoms with E-state index < -0.39 is 18.3 Å². The molecule has 0 saturated carbocycles. The van der Waals surface area contributed by atoms with Crippen molar-refractivity contribution in [1.82, 2.24) is 15.3 Å². The number of anilines is 1. The normalized spacial score (nSPS) is 16.6. The fourth-order valence-electron chi connectivity index (χ4n) is 5.43. The molecule has 42 heavy (non-hydrogen) atoms. The van der Waals surface area contributed by atoms with Crippen molar-refractivity contribution in [3.05, 3.63) is 112 Å². The summed E-state index contributed by atoms with van der Waals surface area (Å²) in [7, 11) is 1.78. The number of nitrogens with zero attached hydrogens (tertiary/aromatic N) is 2. The zero-order valence-corrected chi connectivity index (χ0v) is 24.1. The molecule has 0 amide bonds. The largest absolute Gasteiger partial charge is 0.417 e. The number of piperidine rings is 1. The Labute approximate surface area is 244 Å². The summed E-state index contributed by atoms with van der Waals surface area (Å²) in [6.45, 7) is 9.02. The Kier molecular flexibility index (Phi) is 9.73. The predicted molar refractivity (Wildman–Crippen MR) is 161 cm³/mol. The van der Waals surface area contributed by atoms with E-state index in [-0.39, 0.29) is 5.57 Å². The van der Waals surface area contributed by atoms with Crippen molar-refractivity contribution in [2.75, 3.05) is 31.6 Å². The summed E-state index contributed by atoms with van der Waals surface area (Å²) in [5, 5.41) is 13.0. The Bertz CT molecular complexity index is 1490. The predicted octanol–water partition coefficient (Wildman–Crippen LogP) is 7.34. The van der Waals surface area contributed by atoms with Crippen LogP contribution in [0.25, 0.3) is 17.2 Å². The van der Waals surface area contributed by atoms with Gasteiger partial charge in [0.2, 0.25) is 0 Å². The van der Waals surface area contributed by atoms with E-state index in [9.17, 15) is 22.7 Å². The fourth-order valence-corrected chi connectivity index (χ4v) is 5.43. The number of hydrogen-bond acceptors (Lipinski definition) is 4. The number of H-pyrrole nitrogens is 1. The van der Waals surface area contributed by atoms with Gasteiger partial charge in [-0.15, -0.1) is 0 Å². The molecule has 5 nitrogen and oxygen atoms in total. The first kappa shape index (κ1) is 30.8. The zero-order chi connectivity index (χ0) is 30.4. The summed E-state index contributed by atoms with van der Waals surface area (Å²) in [4.78, 5) is 9.09. The molecule has 0 aliphatic carbocycles. The molecule has 0 bridgehead atoms. The van der Waals surface area contributed by atoms with E-state index in [1.54, 1.807) is 19.3 Å². The first-order valence-electron chi connectivity index (χ1n) is 13.9. The fraction of sp³-hybridized carbons (Fsp3) is 0.303. The highest BCUT2D eigenvalue weighted by molar-refractivity contribution is 5.86. The summed E-state index contributed by atoms with van der Waals surface area (Å²) < 4.78 is 53.2. The number of likely N-dealkylation sites (N-methyl/N-ethyl adjacent to an activating group) is 1. The van der Waals surface area contributed by atoms with Gasteiger partial charge >= 0.3 is 6.18 Å². The highest BCUT2D eigenvalue weighted by Crippen LogP contribution is 2.37. The van der Waals surface area contributed by atoms with E-state index in [4.69, 9.17) is 0 Å². The number of aromatic amines is 1. The van der Waals surface area contributed by atoms with Gasteiger partial charge in [0.1, 0.15) is 5.82 Å². The van der Waals surface area contributed by atoms with Gasteiger partial charge in [0.15, 0.2) is 0 Å². The van der Waals surface area contributed by atoms with Crippen LogP contribution in [0.2, 0.25) is 0 Å². The molecular weight excluding hydrogens is 544 g/mol. The number of alkyl halides is 3. The maximum atomic E-state index is 13.6. The van der Waals surface area contributed by atoms with Crippen molar-refractivity contribution in [2.24, 2.45) is 0 Å². The maximum Gasteiger partial charge on any atom is 0.417 e. The minimum Gasteiger partial charge on any atom is -0.392 e. The van der Waals surface area contributed by atoms with Gasteiger partial charge in [-0.25, -0.2) is 9.37 Å². The molecule has 9 heteroatoms. The van der Waals surface area contributed by atoms with E-state index in [0.717, 1.165) is 36.3 Å². The Balaban J connectivity index is 1.86. The van der Waals surface area contributed by atoms with E-state index in [1.165, 1.54) is 22.8 Å². The van der Waals surface area contributed by atoms with Gasteiger partial charge in [-0.1, -0.05) is 44.7 Å². The van der Waals surface area contributed by atoms with Gasteiger partial charge in [-0.2, -0.15) is 13.2 Å². The van der Waals surface area contributed by atoms with Crippen LogP contribution in [0.15, 0.2) is 78.5 Å². The highest BCUT2D eigenvalue weighted by atomic mass is 19.4. The van der Waals surface area contributed by atoms with Crippen LogP contribution in [0.4, 0.5) is 23.4 Å². The minimum absolute atomic E-state index is 0.0936. The second-order valence-corrected chi connectivity index (χ2v) is 10.1. The third-order valence-corrected chi connectivity index (χ3v) is 7.70. The van der Waals surface area contributed by atoms with Crippen molar-refractivity contribution in [2.45, 2.75) is 39.3 Å². The first-order chi connectivity index (χ1) is 20.2. The number of halogens is 4. The van der Waals surface area contributed by atoms with Crippen molar-refractivity contribution in [3.63, 3.8) is 0 Å². The molecule has 1 saturated heterocycles. The summed E-state index contributed by atoms with van der Waals surface area (Å²) in [5.41, 5.74) is 7.24. The summed E-state index contributed by atoms with van der Waals surface area (Å²) >= 11 is 0. The van der Waals surface area contributed by atoms with Crippen molar-refractivity contribution >= 4 is 23.0 Å². The standard InChI is InChI=1S/C33H36F4N4O/c1-5-22-8-7-9-23(6-2)28(22)16-24-13-15-41(30-11-10-26(18-40-30)33(35,36)37)19-29(24)31(38-4)21(3)27-12-14-39-32(27)25(17-34)20-42/h7-12,14,16-18,38-39,42H,3,5-6,13,15,19-20H2,1-2,4H3/b24-16-,25-17-,31-29-. The zero-order valence-electron chi connectivity index (χ0n) is 24.1. The lowest BCUT2D eigenvalue weighted by molar-refractivity contribution is -0.137. The smallest absolute Gasteiger partial charge is 0.392 e. The van der Waals surface area contributed by atoms with Gasteiger partial charge in [0, 0.05) is 54.9 Å². The monoisotopic (exact) mass is 580 g/mol. The van der Waals surface area contributed by atoms with Crippen LogP contribution in [-0.2, 0) is 19.0 Å². The van der Waals surface area contributed by atoms with Crippen molar-refractivity contribution < 1.29 is 22.7 Å². The average molecular weight is 581 g/mol. The Hall–Kier alpha value is -4.11. The molecule has 0 unspecified atom stereocenters. The number of allylic oxidation sites excluding steroid dienone is 1. The number of aryl methyl sites for hydroxylation is 2. The molecule has 3 aromatic rings. The van der Waals surface area contributed by atoms with Gasteiger partial charge in [0.05, 0.1) is 24.2 Å². The highest BCUT2D eigenvalue weighted by Gasteiger charge is 2.31. The molecule has 3 N–H and O–H groups in total. The lowest BCUT2D eigenvalue weighted by Gasteiger charge is -2.34. The average Bonchev–Trinajstić information content (AvgIpc) is 3.48. The molecule has 3 heterocycles. The molecular formula is C33H36F4N4O. The first-order valence-corrected chi connectivity index (χ1v) is 13.9. The number of benzene rings is 1. The van der Waals surface area contributed by atoms with E-state index in [1.807, 2.05) is 4.90 Å². The number of hydrogen-bond donors (Lipinski definition) is 3. The number of pyridine rings is 1. The van der Waals surface area contributed by atoms with Crippen LogP contribution in [0.3, 0.4) is 0 Å². The topological polar surface area (TPSA) is 64.2 Å². The second kappa shape index (κ2) is 13.2. The maximum absolute atomic E-state index is 13.6. The third kappa shape index (κ3) is 6.36. The summed E-state index contributed by atoms with van der Waals surface area (Å²) in [5.74, 6) is 0.439. The van der Waals surface area contributed by atoms with Gasteiger partial charge in [0.25, 0.3) is 0 Å². The molecule has 222 valence electrons. The molecule has 0 atom stereocenters. The molecule has 0 radical (unpaired) electrons. The Morgan fingerprint density at radius 3 is 2.40 bits per heavy atom. The van der Waals surface area contributed by atoms with Crippen molar-refractivity contribution in [1.29, 1.82) is 0 Å². The van der Waals surface area contributed by atoms with Crippen LogP contribution in [0, 0.1) is 0 Å². The number of rotatable bonds is 9. The lowest BCUT2D eigenvalue weighted by Crippen LogP contribution is -2.35. The molecule has 4 rings (SSSR count). The van der Waals surface area contributed by atoms with Crippen LogP contribution in [-0.4, -0.2) is 41.8 Å². The Morgan fingerprint density at radius 2 is 1.86 bits per heavy atom. The number of aliphatic hydroxyl groups excluding tert-OH is 1. The third-order valence-electron chi connectivity index (χ3n) is 7.70. The molecule has 1 aromatic carbocycles. The van der Waals surface area contributed by atoms with Crippen LogP contribution in [0.5, 0.6) is 0 Å². The summed E-state index contributed by atoms with van der Waals surface area (Å²) in [6.07, 6.45) is 2.99.